The molecular formula is C12H15N5O2. The Kier molecular flexibility index (Phi) is 3.74. The van der Waals surface area contributed by atoms with Crippen molar-refractivity contribution in [2.24, 2.45) is 0 Å². The monoisotopic (exact) mass is 261 g/mol. The fourth-order valence-electron chi connectivity index (χ4n) is 1.62. The van der Waals surface area contributed by atoms with Gasteiger partial charge in [0.15, 0.2) is 5.82 Å². The van der Waals surface area contributed by atoms with Crippen LogP contribution in [0.3, 0.4) is 0 Å². The first-order valence-electron chi connectivity index (χ1n) is 5.77. The van der Waals surface area contributed by atoms with Gasteiger partial charge in [-0.3, -0.25) is 4.79 Å². The quantitative estimate of drug-likeness (QED) is 0.860. The van der Waals surface area contributed by atoms with E-state index < -0.39 is 0 Å². The fraction of sp³-hybridized carbons (Fsp3) is 0.333. The summed E-state index contributed by atoms with van der Waals surface area (Å²) in [6.45, 7) is 2.07. The fourth-order valence-corrected chi connectivity index (χ4v) is 1.62. The summed E-state index contributed by atoms with van der Waals surface area (Å²) in [5.41, 5.74) is 0.599. The SMILES string of the molecule is CNc1cc(C)nc(Cn2nc(OC)ccc2=O)n1. The van der Waals surface area contributed by atoms with Gasteiger partial charge in [-0.05, 0) is 6.92 Å². The van der Waals surface area contributed by atoms with Gasteiger partial charge < -0.3 is 10.1 Å². The number of rotatable bonds is 4. The molecule has 0 saturated carbocycles. The summed E-state index contributed by atoms with van der Waals surface area (Å²) >= 11 is 0. The maximum atomic E-state index is 11.7. The molecule has 0 aliphatic rings. The van der Waals surface area contributed by atoms with Crippen molar-refractivity contribution in [1.29, 1.82) is 0 Å². The van der Waals surface area contributed by atoms with Crippen molar-refractivity contribution in [1.82, 2.24) is 19.7 Å². The van der Waals surface area contributed by atoms with Gasteiger partial charge in [-0.2, -0.15) is 0 Å². The molecule has 7 nitrogen and oxygen atoms in total. The Hall–Kier alpha value is -2.44. The summed E-state index contributed by atoms with van der Waals surface area (Å²) in [5, 5.41) is 7.00. The van der Waals surface area contributed by atoms with Gasteiger partial charge in [-0.1, -0.05) is 0 Å². The third-order valence-corrected chi connectivity index (χ3v) is 2.50. The second kappa shape index (κ2) is 5.47. The third-order valence-electron chi connectivity index (χ3n) is 2.50. The van der Waals surface area contributed by atoms with E-state index in [1.165, 1.54) is 23.9 Å². The van der Waals surface area contributed by atoms with E-state index in [9.17, 15) is 4.79 Å². The largest absolute Gasteiger partial charge is 0.480 e. The summed E-state index contributed by atoms with van der Waals surface area (Å²) in [6.07, 6.45) is 0. The zero-order chi connectivity index (χ0) is 13.8. The Bertz CT molecular complexity index is 638. The van der Waals surface area contributed by atoms with Crippen LogP contribution in [-0.4, -0.2) is 33.9 Å². The van der Waals surface area contributed by atoms with Gasteiger partial charge in [0.25, 0.3) is 5.56 Å². The minimum Gasteiger partial charge on any atom is -0.480 e. The van der Waals surface area contributed by atoms with Gasteiger partial charge in [0.1, 0.15) is 12.4 Å². The normalized spacial score (nSPS) is 10.3. The van der Waals surface area contributed by atoms with Crippen molar-refractivity contribution < 1.29 is 4.74 Å². The highest BCUT2D eigenvalue weighted by Crippen LogP contribution is 2.06. The third kappa shape index (κ3) is 3.06. The van der Waals surface area contributed by atoms with Crippen LogP contribution in [0.15, 0.2) is 23.0 Å². The van der Waals surface area contributed by atoms with Gasteiger partial charge in [-0.25, -0.2) is 14.6 Å². The van der Waals surface area contributed by atoms with Gasteiger partial charge in [0.2, 0.25) is 5.88 Å². The lowest BCUT2D eigenvalue weighted by molar-refractivity contribution is 0.378. The zero-order valence-electron chi connectivity index (χ0n) is 11.0. The highest BCUT2D eigenvalue weighted by atomic mass is 16.5. The van der Waals surface area contributed by atoms with E-state index in [-0.39, 0.29) is 12.1 Å². The van der Waals surface area contributed by atoms with Crippen molar-refractivity contribution in [3.63, 3.8) is 0 Å². The Morgan fingerprint density at radius 1 is 1.37 bits per heavy atom. The van der Waals surface area contributed by atoms with E-state index in [0.29, 0.717) is 17.5 Å². The van der Waals surface area contributed by atoms with Crippen molar-refractivity contribution in [3.05, 3.63) is 40.1 Å². The zero-order valence-corrected chi connectivity index (χ0v) is 11.0. The highest BCUT2D eigenvalue weighted by molar-refractivity contribution is 5.34. The Balaban J connectivity index is 2.35. The summed E-state index contributed by atoms with van der Waals surface area (Å²) in [6, 6.07) is 4.75. The maximum Gasteiger partial charge on any atom is 0.267 e. The molecule has 0 unspecified atom stereocenters. The molecule has 0 aromatic carbocycles. The molecule has 2 heterocycles. The molecular weight excluding hydrogens is 246 g/mol. The number of anilines is 1. The summed E-state index contributed by atoms with van der Waals surface area (Å²) in [5.74, 6) is 1.60. The lowest BCUT2D eigenvalue weighted by Gasteiger charge is -2.07. The molecule has 0 atom stereocenters. The number of hydrogen-bond donors (Lipinski definition) is 1. The molecule has 19 heavy (non-hydrogen) atoms. The average Bonchev–Trinajstić information content (AvgIpc) is 2.40. The van der Waals surface area contributed by atoms with Crippen LogP contribution in [0.25, 0.3) is 0 Å². The summed E-state index contributed by atoms with van der Waals surface area (Å²) < 4.78 is 6.26. The molecule has 0 fully saturated rings. The Morgan fingerprint density at radius 3 is 2.84 bits per heavy atom. The number of nitrogens with zero attached hydrogens (tertiary/aromatic N) is 4. The molecule has 0 saturated heterocycles. The minimum absolute atomic E-state index is 0.201. The van der Waals surface area contributed by atoms with Gasteiger partial charge in [-0.15, -0.1) is 5.10 Å². The van der Waals surface area contributed by atoms with Crippen molar-refractivity contribution in [3.8, 4) is 5.88 Å². The van der Waals surface area contributed by atoms with Crippen LogP contribution in [0, 0.1) is 6.92 Å². The number of nitrogens with one attached hydrogen (secondary N) is 1. The van der Waals surface area contributed by atoms with E-state index in [1.54, 1.807) is 7.05 Å². The van der Waals surface area contributed by atoms with E-state index in [1.807, 2.05) is 13.0 Å². The number of aromatic nitrogens is 4. The molecule has 0 amide bonds. The minimum atomic E-state index is -0.225. The predicted octanol–water partition coefficient (Wildman–Crippen LogP) is 0.440. The van der Waals surface area contributed by atoms with E-state index >= 15 is 0 Å². The summed E-state index contributed by atoms with van der Waals surface area (Å²) in [7, 11) is 3.28. The molecule has 0 radical (unpaired) electrons. The highest BCUT2D eigenvalue weighted by Gasteiger charge is 2.06. The standard InChI is InChI=1S/C12H15N5O2/c1-8-6-9(13-2)15-10(14-8)7-17-12(18)5-4-11(16-17)19-3/h4-6H,7H2,1-3H3,(H,13,14,15). The van der Waals surface area contributed by atoms with E-state index in [4.69, 9.17) is 4.74 Å². The van der Waals surface area contributed by atoms with Crippen LogP contribution in [0.5, 0.6) is 5.88 Å². The first-order valence-corrected chi connectivity index (χ1v) is 5.77. The number of hydrogen-bond acceptors (Lipinski definition) is 6. The van der Waals surface area contributed by atoms with Crippen LogP contribution in [0.4, 0.5) is 5.82 Å². The predicted molar refractivity (Wildman–Crippen MR) is 70.5 cm³/mol. The second-order valence-corrected chi connectivity index (χ2v) is 3.93. The van der Waals surface area contributed by atoms with E-state index in [2.05, 4.69) is 20.4 Å². The molecule has 2 aromatic heterocycles. The topological polar surface area (TPSA) is 81.9 Å². The molecule has 0 aliphatic carbocycles. The average molecular weight is 261 g/mol. The van der Waals surface area contributed by atoms with E-state index in [0.717, 1.165) is 5.69 Å². The summed E-state index contributed by atoms with van der Waals surface area (Å²) in [4.78, 5) is 20.3. The van der Waals surface area contributed by atoms with Crippen molar-refractivity contribution in [2.75, 3.05) is 19.5 Å². The lowest BCUT2D eigenvalue weighted by Crippen LogP contribution is -2.24. The van der Waals surface area contributed by atoms with Crippen LogP contribution < -0.4 is 15.6 Å². The Morgan fingerprint density at radius 2 is 2.16 bits per heavy atom. The van der Waals surface area contributed by atoms with Crippen molar-refractivity contribution in [2.45, 2.75) is 13.5 Å². The Labute approximate surface area is 110 Å². The molecule has 0 spiro atoms. The molecule has 1 N–H and O–H groups in total. The van der Waals surface area contributed by atoms with Crippen molar-refractivity contribution >= 4 is 5.82 Å². The lowest BCUT2D eigenvalue weighted by atomic mass is 10.4. The first-order chi connectivity index (χ1) is 9.12. The van der Waals surface area contributed by atoms with Crippen LogP contribution in [0.1, 0.15) is 11.5 Å². The van der Waals surface area contributed by atoms with Gasteiger partial charge in [0, 0.05) is 30.9 Å². The molecule has 0 bridgehead atoms. The number of methoxy groups -OCH3 is 1. The second-order valence-electron chi connectivity index (χ2n) is 3.93. The molecule has 2 aromatic rings. The van der Waals surface area contributed by atoms with Crippen LogP contribution in [0.2, 0.25) is 0 Å². The smallest absolute Gasteiger partial charge is 0.267 e. The number of aryl methyl sites for hydroxylation is 1. The van der Waals surface area contributed by atoms with Crippen LogP contribution >= 0.6 is 0 Å². The van der Waals surface area contributed by atoms with Gasteiger partial charge in [0.05, 0.1) is 7.11 Å². The molecule has 100 valence electrons. The molecule has 0 aliphatic heterocycles. The van der Waals surface area contributed by atoms with Crippen LogP contribution in [-0.2, 0) is 6.54 Å². The van der Waals surface area contributed by atoms with Gasteiger partial charge >= 0.3 is 0 Å². The maximum absolute atomic E-state index is 11.7. The first kappa shape index (κ1) is 13.0. The molecule has 7 heteroatoms. The number of ether oxygens (including phenoxy) is 1. The molecule has 2 rings (SSSR count).